The first-order valence-electron chi connectivity index (χ1n) is 7.10. The molecular weight excluding hydrogens is 316 g/mol. The summed E-state index contributed by atoms with van der Waals surface area (Å²) in [7, 11) is 0. The van der Waals surface area contributed by atoms with Crippen LogP contribution in [0.1, 0.15) is 46.2 Å². The highest BCUT2D eigenvalue weighted by molar-refractivity contribution is 9.10. The van der Waals surface area contributed by atoms with Crippen LogP contribution in [0.4, 0.5) is 5.69 Å². The Morgan fingerprint density at radius 1 is 1.20 bits per heavy atom. The van der Waals surface area contributed by atoms with Crippen LogP contribution in [0.2, 0.25) is 0 Å². The monoisotopic (exact) mass is 340 g/mol. The number of anilines is 1. The van der Waals surface area contributed by atoms with Crippen molar-refractivity contribution in [2.24, 2.45) is 5.73 Å². The van der Waals surface area contributed by atoms with Crippen molar-refractivity contribution < 1.29 is 4.74 Å². The third-order valence-corrected chi connectivity index (χ3v) is 4.01. The molecule has 1 aromatic carbocycles. The van der Waals surface area contributed by atoms with Gasteiger partial charge in [-0.1, -0.05) is 15.9 Å². The molecule has 1 fully saturated rings. The minimum absolute atomic E-state index is 0.0107. The second-order valence-electron chi connectivity index (χ2n) is 6.97. The summed E-state index contributed by atoms with van der Waals surface area (Å²) in [5.41, 5.74) is 8.21. The molecule has 0 saturated carbocycles. The molecule has 0 aromatic heterocycles. The molecule has 112 valence electrons. The number of hydrogen-bond donors (Lipinski definition) is 1. The number of morpholine rings is 1. The fraction of sp³-hybridized carbons (Fsp3) is 0.625. The van der Waals surface area contributed by atoms with Crippen LogP contribution in [0.15, 0.2) is 22.7 Å². The molecule has 1 atom stereocenters. The van der Waals surface area contributed by atoms with Gasteiger partial charge in [-0.25, -0.2) is 0 Å². The molecule has 0 spiro atoms. The summed E-state index contributed by atoms with van der Waals surface area (Å²) in [5.74, 6) is 0. The Balaban J connectivity index is 2.40. The van der Waals surface area contributed by atoms with Gasteiger partial charge in [0.25, 0.3) is 0 Å². The first-order chi connectivity index (χ1) is 9.10. The summed E-state index contributed by atoms with van der Waals surface area (Å²) in [6.45, 7) is 12.4. The minimum atomic E-state index is -0.163. The van der Waals surface area contributed by atoms with Gasteiger partial charge >= 0.3 is 0 Å². The van der Waals surface area contributed by atoms with Gasteiger partial charge in [0.05, 0.1) is 11.2 Å². The van der Waals surface area contributed by atoms with Crippen molar-refractivity contribution in [3.05, 3.63) is 28.2 Å². The van der Waals surface area contributed by atoms with Gasteiger partial charge in [-0.15, -0.1) is 0 Å². The molecule has 1 unspecified atom stereocenters. The molecule has 1 heterocycles. The first-order valence-corrected chi connectivity index (χ1v) is 7.89. The van der Waals surface area contributed by atoms with Gasteiger partial charge in [0.1, 0.15) is 0 Å². The van der Waals surface area contributed by atoms with Gasteiger partial charge in [-0.05, 0) is 58.4 Å². The van der Waals surface area contributed by atoms with Crippen molar-refractivity contribution in [1.82, 2.24) is 0 Å². The number of benzene rings is 1. The smallest absolute Gasteiger partial charge is 0.0808 e. The van der Waals surface area contributed by atoms with E-state index in [1.807, 2.05) is 6.92 Å². The molecule has 20 heavy (non-hydrogen) atoms. The fourth-order valence-corrected chi connectivity index (χ4v) is 3.51. The summed E-state index contributed by atoms with van der Waals surface area (Å²) in [6, 6.07) is 6.36. The van der Waals surface area contributed by atoms with Crippen molar-refractivity contribution in [3.63, 3.8) is 0 Å². The molecule has 1 aromatic rings. The van der Waals surface area contributed by atoms with E-state index in [4.69, 9.17) is 10.5 Å². The Bertz CT molecular complexity index is 481. The molecular formula is C16H25BrN2O. The van der Waals surface area contributed by atoms with Crippen molar-refractivity contribution >= 4 is 21.6 Å². The van der Waals surface area contributed by atoms with Crippen LogP contribution in [-0.2, 0) is 4.74 Å². The minimum Gasteiger partial charge on any atom is -0.366 e. The second kappa shape index (κ2) is 5.32. The maximum Gasteiger partial charge on any atom is 0.0808 e. The number of halogens is 1. The number of ether oxygens (including phenoxy) is 1. The van der Waals surface area contributed by atoms with E-state index < -0.39 is 0 Å². The molecule has 3 nitrogen and oxygen atoms in total. The zero-order valence-corrected chi connectivity index (χ0v) is 14.6. The van der Waals surface area contributed by atoms with Gasteiger partial charge < -0.3 is 15.4 Å². The van der Waals surface area contributed by atoms with Crippen LogP contribution in [0.3, 0.4) is 0 Å². The SMILES string of the molecule is CC(N)c1cc(Br)ccc1N1CC(C)(C)OC(C)(C)C1. The zero-order chi connectivity index (χ0) is 15.1. The highest BCUT2D eigenvalue weighted by Gasteiger charge is 2.38. The third-order valence-electron chi connectivity index (χ3n) is 3.52. The standard InChI is InChI=1S/C16H25BrN2O/c1-11(18)13-8-12(17)6-7-14(13)19-9-15(2,3)20-16(4,5)10-19/h6-8,11H,9-10,18H2,1-5H3. The lowest BCUT2D eigenvalue weighted by Gasteiger charge is -2.48. The Hall–Kier alpha value is -0.580. The van der Waals surface area contributed by atoms with Crippen molar-refractivity contribution in [1.29, 1.82) is 0 Å². The molecule has 0 radical (unpaired) electrons. The Labute approximate surface area is 130 Å². The van der Waals surface area contributed by atoms with Crippen molar-refractivity contribution in [2.45, 2.75) is 51.9 Å². The molecule has 0 amide bonds. The lowest BCUT2D eigenvalue weighted by Crippen LogP contribution is -2.57. The third kappa shape index (κ3) is 3.54. The number of rotatable bonds is 2. The predicted octanol–water partition coefficient (Wildman–Crippen LogP) is 3.86. The summed E-state index contributed by atoms with van der Waals surface area (Å²) < 4.78 is 7.22. The van der Waals surface area contributed by atoms with Crippen LogP contribution in [0, 0.1) is 0 Å². The van der Waals surface area contributed by atoms with Crippen LogP contribution < -0.4 is 10.6 Å². The van der Waals surface area contributed by atoms with Crippen LogP contribution in [0.25, 0.3) is 0 Å². The molecule has 1 aliphatic heterocycles. The summed E-state index contributed by atoms with van der Waals surface area (Å²) in [5, 5.41) is 0. The van der Waals surface area contributed by atoms with Crippen LogP contribution >= 0.6 is 15.9 Å². The molecule has 1 saturated heterocycles. The normalized spacial score (nSPS) is 22.6. The van der Waals surface area contributed by atoms with Crippen molar-refractivity contribution in [2.75, 3.05) is 18.0 Å². The lowest BCUT2D eigenvalue weighted by atomic mass is 9.96. The number of nitrogens with two attached hydrogens (primary N) is 1. The first kappa shape index (κ1) is 15.8. The van der Waals surface area contributed by atoms with E-state index in [1.165, 1.54) is 11.3 Å². The predicted molar refractivity (Wildman–Crippen MR) is 88.2 cm³/mol. The number of hydrogen-bond acceptors (Lipinski definition) is 3. The Kier molecular flexibility index (Phi) is 4.20. The molecule has 4 heteroatoms. The molecule has 2 N–H and O–H groups in total. The van der Waals surface area contributed by atoms with E-state index in [1.54, 1.807) is 0 Å². The highest BCUT2D eigenvalue weighted by Crippen LogP contribution is 2.35. The molecule has 1 aliphatic rings. The van der Waals surface area contributed by atoms with Crippen molar-refractivity contribution in [3.8, 4) is 0 Å². The average molecular weight is 341 g/mol. The summed E-state index contributed by atoms with van der Waals surface area (Å²) in [6.07, 6.45) is 0. The summed E-state index contributed by atoms with van der Waals surface area (Å²) in [4.78, 5) is 2.40. The Morgan fingerprint density at radius 3 is 2.25 bits per heavy atom. The van der Waals surface area contributed by atoms with E-state index in [0.29, 0.717) is 0 Å². The van der Waals surface area contributed by atoms with Gasteiger partial charge in [-0.2, -0.15) is 0 Å². The highest BCUT2D eigenvalue weighted by atomic mass is 79.9. The fourth-order valence-electron chi connectivity index (χ4n) is 3.14. The van der Waals surface area contributed by atoms with E-state index in [0.717, 1.165) is 17.6 Å². The quantitative estimate of drug-likeness (QED) is 0.888. The largest absolute Gasteiger partial charge is 0.366 e. The maximum atomic E-state index is 6.15. The second-order valence-corrected chi connectivity index (χ2v) is 7.88. The summed E-state index contributed by atoms with van der Waals surface area (Å²) >= 11 is 3.53. The van der Waals surface area contributed by atoms with Gasteiger partial charge in [0.15, 0.2) is 0 Å². The Morgan fingerprint density at radius 2 is 1.75 bits per heavy atom. The van der Waals surface area contributed by atoms with E-state index in [2.05, 4.69) is 66.7 Å². The molecule has 0 aliphatic carbocycles. The molecule has 0 bridgehead atoms. The van der Waals surface area contributed by atoms with E-state index in [9.17, 15) is 0 Å². The zero-order valence-electron chi connectivity index (χ0n) is 13.0. The van der Waals surface area contributed by atoms with E-state index in [-0.39, 0.29) is 17.2 Å². The van der Waals surface area contributed by atoms with Gasteiger partial charge in [-0.3, -0.25) is 0 Å². The topological polar surface area (TPSA) is 38.5 Å². The number of nitrogens with zero attached hydrogens (tertiary/aromatic N) is 1. The molecule has 2 rings (SSSR count). The van der Waals surface area contributed by atoms with Crippen LogP contribution in [0.5, 0.6) is 0 Å². The van der Waals surface area contributed by atoms with E-state index >= 15 is 0 Å². The lowest BCUT2D eigenvalue weighted by molar-refractivity contribution is -0.133. The average Bonchev–Trinajstić information content (AvgIpc) is 2.24. The van der Waals surface area contributed by atoms with Gasteiger partial charge in [0, 0.05) is 29.3 Å². The van der Waals surface area contributed by atoms with Crippen LogP contribution in [-0.4, -0.2) is 24.3 Å². The maximum absolute atomic E-state index is 6.15. The van der Waals surface area contributed by atoms with Gasteiger partial charge in [0.2, 0.25) is 0 Å².